The Bertz CT molecular complexity index is 772. The number of nitrogens with zero attached hydrogens (tertiary/aromatic N) is 2. The van der Waals surface area contributed by atoms with Crippen molar-refractivity contribution in [2.24, 2.45) is 16.6 Å². The van der Waals surface area contributed by atoms with Gasteiger partial charge in [-0.15, -0.1) is 0 Å². The van der Waals surface area contributed by atoms with Crippen molar-refractivity contribution in [1.29, 1.82) is 0 Å². The Labute approximate surface area is 168 Å². The number of benzene rings is 2. The number of piperidine rings is 1. The minimum Gasteiger partial charge on any atom is -0.497 e. The fraction of sp³-hybridized carbons (Fsp3) is 0.435. The van der Waals surface area contributed by atoms with E-state index in [0.29, 0.717) is 11.9 Å². The Morgan fingerprint density at radius 1 is 1.11 bits per heavy atom. The third-order valence-electron chi connectivity index (χ3n) is 5.29. The normalized spacial score (nSPS) is 16.2. The lowest BCUT2D eigenvalue weighted by atomic mass is 9.96. The number of methoxy groups -OCH3 is 1. The number of nitrogens with one attached hydrogen (secondary N) is 1. The Morgan fingerprint density at radius 3 is 2.36 bits per heavy atom. The van der Waals surface area contributed by atoms with Gasteiger partial charge in [0.15, 0.2) is 5.96 Å². The van der Waals surface area contributed by atoms with Gasteiger partial charge >= 0.3 is 0 Å². The third-order valence-corrected chi connectivity index (χ3v) is 5.29. The highest BCUT2D eigenvalue weighted by Gasteiger charge is 2.19. The van der Waals surface area contributed by atoms with Gasteiger partial charge in [-0.2, -0.15) is 0 Å². The molecule has 2 aromatic rings. The van der Waals surface area contributed by atoms with Crippen LogP contribution in [0.5, 0.6) is 5.75 Å². The van der Waals surface area contributed by atoms with Crippen molar-refractivity contribution in [1.82, 2.24) is 4.90 Å². The van der Waals surface area contributed by atoms with Crippen LogP contribution in [-0.2, 0) is 6.54 Å². The van der Waals surface area contributed by atoms with Gasteiger partial charge in [0.25, 0.3) is 0 Å². The van der Waals surface area contributed by atoms with Gasteiger partial charge in [0, 0.05) is 18.8 Å². The van der Waals surface area contributed by atoms with Crippen LogP contribution in [0.25, 0.3) is 0 Å². The van der Waals surface area contributed by atoms with Gasteiger partial charge in [0.05, 0.1) is 7.11 Å². The highest BCUT2D eigenvalue weighted by atomic mass is 16.5. The van der Waals surface area contributed by atoms with Crippen LogP contribution in [0.15, 0.2) is 47.5 Å². The number of nitrogens with two attached hydrogens (primary N) is 1. The van der Waals surface area contributed by atoms with Gasteiger partial charge in [-0.3, -0.25) is 9.89 Å². The van der Waals surface area contributed by atoms with Gasteiger partial charge in [0.1, 0.15) is 5.75 Å². The number of aliphatic imine (C=N–C) groups is 1. The van der Waals surface area contributed by atoms with Crippen LogP contribution in [0.2, 0.25) is 0 Å². The van der Waals surface area contributed by atoms with Gasteiger partial charge in [-0.05, 0) is 86.7 Å². The molecule has 3 N–H and O–H groups in total. The SMILES string of the molecule is COc1ccc(CN2CCC(CN=C(N)Nc3cc(C)cc(C)c3)CC2)cc1. The van der Waals surface area contributed by atoms with E-state index in [1.165, 1.54) is 16.7 Å². The zero-order valence-electron chi connectivity index (χ0n) is 17.2. The van der Waals surface area contributed by atoms with Crippen molar-refractivity contribution in [2.75, 3.05) is 32.1 Å². The predicted octanol–water partition coefficient (Wildman–Crippen LogP) is 3.95. The van der Waals surface area contributed by atoms with Crippen molar-refractivity contribution in [3.63, 3.8) is 0 Å². The number of anilines is 1. The fourth-order valence-corrected chi connectivity index (χ4v) is 3.78. The molecule has 1 fully saturated rings. The molecule has 0 saturated carbocycles. The first-order valence-electron chi connectivity index (χ1n) is 10.0. The smallest absolute Gasteiger partial charge is 0.193 e. The van der Waals surface area contributed by atoms with Crippen molar-refractivity contribution in [3.05, 3.63) is 59.2 Å². The summed E-state index contributed by atoms with van der Waals surface area (Å²) in [4.78, 5) is 7.09. The monoisotopic (exact) mass is 380 g/mol. The number of rotatable bonds is 6. The Morgan fingerprint density at radius 2 is 1.75 bits per heavy atom. The standard InChI is InChI=1S/C23H32N4O/c1-17-12-18(2)14-21(13-17)26-23(24)25-15-19-8-10-27(11-9-19)16-20-4-6-22(28-3)7-5-20/h4-7,12-14,19H,8-11,15-16H2,1-3H3,(H3,24,25,26). The zero-order valence-corrected chi connectivity index (χ0v) is 17.2. The average molecular weight is 381 g/mol. The van der Waals surface area contributed by atoms with E-state index in [1.54, 1.807) is 7.11 Å². The summed E-state index contributed by atoms with van der Waals surface area (Å²) in [7, 11) is 1.70. The minimum atomic E-state index is 0.505. The molecule has 1 aliphatic rings. The number of hydrogen-bond acceptors (Lipinski definition) is 3. The second kappa shape index (κ2) is 9.60. The third kappa shape index (κ3) is 5.99. The van der Waals surface area contributed by atoms with E-state index >= 15 is 0 Å². The molecule has 0 aliphatic carbocycles. The Balaban J connectivity index is 1.43. The van der Waals surface area contributed by atoms with E-state index in [4.69, 9.17) is 10.5 Å². The van der Waals surface area contributed by atoms with E-state index in [1.807, 2.05) is 12.1 Å². The summed E-state index contributed by atoms with van der Waals surface area (Å²) < 4.78 is 5.23. The fourth-order valence-electron chi connectivity index (χ4n) is 3.78. The Kier molecular flexibility index (Phi) is 6.93. The van der Waals surface area contributed by atoms with E-state index in [2.05, 4.69) is 59.4 Å². The summed E-state index contributed by atoms with van der Waals surface area (Å²) in [5.41, 5.74) is 10.9. The molecule has 2 aromatic carbocycles. The maximum atomic E-state index is 6.09. The minimum absolute atomic E-state index is 0.505. The number of likely N-dealkylation sites (tertiary alicyclic amines) is 1. The molecule has 5 heteroatoms. The van der Waals surface area contributed by atoms with Crippen molar-refractivity contribution < 1.29 is 4.74 Å². The molecule has 0 unspecified atom stereocenters. The van der Waals surface area contributed by atoms with Crippen LogP contribution >= 0.6 is 0 Å². The maximum absolute atomic E-state index is 6.09. The predicted molar refractivity (Wildman–Crippen MR) is 117 cm³/mol. The number of guanidine groups is 1. The van der Waals surface area contributed by atoms with Crippen LogP contribution < -0.4 is 15.8 Å². The van der Waals surface area contributed by atoms with Gasteiger partial charge in [-0.25, -0.2) is 0 Å². The summed E-state index contributed by atoms with van der Waals surface area (Å²) in [5, 5.41) is 3.22. The number of hydrogen-bond donors (Lipinski definition) is 2. The van der Waals surface area contributed by atoms with E-state index in [9.17, 15) is 0 Å². The molecule has 0 spiro atoms. The molecule has 1 saturated heterocycles. The van der Waals surface area contributed by atoms with Crippen LogP contribution in [0.3, 0.4) is 0 Å². The highest BCUT2D eigenvalue weighted by Crippen LogP contribution is 2.20. The molecule has 1 aliphatic heterocycles. The molecule has 150 valence electrons. The molecule has 5 nitrogen and oxygen atoms in total. The molecule has 0 bridgehead atoms. The number of aryl methyl sites for hydroxylation is 2. The first-order valence-corrected chi connectivity index (χ1v) is 10.0. The van der Waals surface area contributed by atoms with Crippen molar-refractivity contribution in [2.45, 2.75) is 33.2 Å². The van der Waals surface area contributed by atoms with Gasteiger partial charge < -0.3 is 15.8 Å². The second-order valence-corrected chi connectivity index (χ2v) is 7.79. The van der Waals surface area contributed by atoms with Gasteiger partial charge in [-0.1, -0.05) is 18.2 Å². The van der Waals surface area contributed by atoms with Crippen LogP contribution in [-0.4, -0.2) is 37.6 Å². The molecule has 3 rings (SSSR count). The van der Waals surface area contributed by atoms with Crippen molar-refractivity contribution in [3.8, 4) is 5.75 Å². The van der Waals surface area contributed by atoms with Gasteiger partial charge in [0.2, 0.25) is 0 Å². The summed E-state index contributed by atoms with van der Waals surface area (Å²) in [5.74, 6) is 2.02. The van der Waals surface area contributed by atoms with Crippen LogP contribution in [0, 0.1) is 19.8 Å². The van der Waals surface area contributed by atoms with E-state index < -0.39 is 0 Å². The average Bonchev–Trinajstić information content (AvgIpc) is 2.67. The number of ether oxygens (including phenoxy) is 1. The summed E-state index contributed by atoms with van der Waals surface area (Å²) in [6.45, 7) is 8.18. The molecule has 28 heavy (non-hydrogen) atoms. The van der Waals surface area contributed by atoms with Crippen LogP contribution in [0.4, 0.5) is 5.69 Å². The largest absolute Gasteiger partial charge is 0.497 e. The highest BCUT2D eigenvalue weighted by molar-refractivity contribution is 5.92. The van der Waals surface area contributed by atoms with E-state index in [-0.39, 0.29) is 0 Å². The molecule has 0 atom stereocenters. The zero-order chi connectivity index (χ0) is 19.9. The van der Waals surface area contributed by atoms with E-state index in [0.717, 1.165) is 50.5 Å². The Hall–Kier alpha value is -2.53. The lowest BCUT2D eigenvalue weighted by molar-refractivity contribution is 0.180. The lowest BCUT2D eigenvalue weighted by Crippen LogP contribution is -2.34. The lowest BCUT2D eigenvalue weighted by Gasteiger charge is -2.31. The molecular formula is C23H32N4O. The van der Waals surface area contributed by atoms with Crippen LogP contribution in [0.1, 0.15) is 29.5 Å². The summed E-state index contributed by atoms with van der Waals surface area (Å²) in [6.07, 6.45) is 2.33. The summed E-state index contributed by atoms with van der Waals surface area (Å²) in [6, 6.07) is 14.7. The first kappa shape index (κ1) is 20.2. The maximum Gasteiger partial charge on any atom is 0.193 e. The first-order chi connectivity index (χ1) is 13.5. The quantitative estimate of drug-likeness (QED) is 0.588. The molecule has 1 heterocycles. The molecular weight excluding hydrogens is 348 g/mol. The molecule has 0 aromatic heterocycles. The topological polar surface area (TPSA) is 62.9 Å². The summed E-state index contributed by atoms with van der Waals surface area (Å²) >= 11 is 0. The molecule has 0 amide bonds. The van der Waals surface area contributed by atoms with Crippen molar-refractivity contribution >= 4 is 11.6 Å². The second-order valence-electron chi connectivity index (χ2n) is 7.79. The molecule has 0 radical (unpaired) electrons.